The number of nitrogens with zero attached hydrogens (tertiary/aromatic N) is 1. The van der Waals surface area contributed by atoms with E-state index in [0.717, 1.165) is 37.1 Å². The van der Waals surface area contributed by atoms with Crippen molar-refractivity contribution in [2.75, 3.05) is 11.9 Å². The van der Waals surface area contributed by atoms with Crippen LogP contribution in [-0.4, -0.2) is 29.3 Å². The molecule has 1 aromatic carbocycles. The normalized spacial score (nSPS) is 18.4. The maximum Gasteiger partial charge on any atom is 0.233 e. The summed E-state index contributed by atoms with van der Waals surface area (Å²) in [5.41, 5.74) is 1.83. The van der Waals surface area contributed by atoms with E-state index in [1.807, 2.05) is 36.1 Å². The number of hydrogen-bond acceptors (Lipinski definition) is 2. The van der Waals surface area contributed by atoms with Crippen molar-refractivity contribution in [3.63, 3.8) is 0 Å². The van der Waals surface area contributed by atoms with Gasteiger partial charge in [-0.1, -0.05) is 19.1 Å². The summed E-state index contributed by atoms with van der Waals surface area (Å²) >= 11 is 0. The molecule has 0 spiro atoms. The molecule has 2 amide bonds. The number of carbonyl (C=O) groups is 2. The zero-order valence-corrected chi connectivity index (χ0v) is 12.9. The van der Waals surface area contributed by atoms with Crippen LogP contribution in [0.25, 0.3) is 0 Å². The van der Waals surface area contributed by atoms with Gasteiger partial charge in [0.2, 0.25) is 11.8 Å². The molecular weight excluding hydrogens is 264 g/mol. The Morgan fingerprint density at radius 2 is 2.14 bits per heavy atom. The monoisotopic (exact) mass is 288 g/mol. The molecule has 1 atom stereocenters. The van der Waals surface area contributed by atoms with E-state index in [9.17, 15) is 9.59 Å². The number of carbonyl (C=O) groups excluding carboxylic acids is 2. The molecule has 1 unspecified atom stereocenters. The molecule has 4 nitrogen and oxygen atoms in total. The van der Waals surface area contributed by atoms with Crippen molar-refractivity contribution < 1.29 is 9.59 Å². The van der Waals surface area contributed by atoms with Crippen LogP contribution in [0.1, 0.15) is 44.6 Å². The van der Waals surface area contributed by atoms with E-state index in [2.05, 4.69) is 12.2 Å². The summed E-state index contributed by atoms with van der Waals surface area (Å²) in [6.07, 6.45) is 4.18. The van der Waals surface area contributed by atoms with E-state index in [1.54, 1.807) is 0 Å². The predicted molar refractivity (Wildman–Crippen MR) is 84.1 cm³/mol. The molecule has 2 rings (SSSR count). The molecule has 1 aromatic rings. The van der Waals surface area contributed by atoms with Crippen LogP contribution in [0.2, 0.25) is 0 Å². The minimum atomic E-state index is -0.231. The predicted octanol–water partition coefficient (Wildman–Crippen LogP) is 3.11. The third-order valence-electron chi connectivity index (χ3n) is 4.03. The van der Waals surface area contributed by atoms with Gasteiger partial charge < -0.3 is 10.2 Å². The highest BCUT2D eigenvalue weighted by molar-refractivity contribution is 6.03. The smallest absolute Gasteiger partial charge is 0.233 e. The quantitative estimate of drug-likeness (QED) is 0.865. The minimum Gasteiger partial charge on any atom is -0.339 e. The lowest BCUT2D eigenvalue weighted by atomic mass is 9.99. The molecular formula is C17H24N2O2. The van der Waals surface area contributed by atoms with Crippen LogP contribution < -0.4 is 5.32 Å². The van der Waals surface area contributed by atoms with E-state index in [4.69, 9.17) is 0 Å². The Hall–Kier alpha value is -1.84. The second-order valence-electron chi connectivity index (χ2n) is 5.74. The number of piperidine rings is 1. The van der Waals surface area contributed by atoms with Gasteiger partial charge in [0, 0.05) is 18.3 Å². The Morgan fingerprint density at radius 1 is 1.33 bits per heavy atom. The Labute approximate surface area is 126 Å². The number of anilines is 1. The van der Waals surface area contributed by atoms with Gasteiger partial charge in [0.25, 0.3) is 0 Å². The molecule has 0 aromatic heterocycles. The molecule has 1 heterocycles. The molecule has 0 radical (unpaired) electrons. The van der Waals surface area contributed by atoms with Crippen LogP contribution >= 0.6 is 0 Å². The van der Waals surface area contributed by atoms with Gasteiger partial charge in [-0.2, -0.15) is 0 Å². The summed E-state index contributed by atoms with van der Waals surface area (Å²) in [6.45, 7) is 4.86. The summed E-state index contributed by atoms with van der Waals surface area (Å²) in [5, 5.41) is 2.80. The summed E-state index contributed by atoms with van der Waals surface area (Å²) in [7, 11) is 0. The van der Waals surface area contributed by atoms with Gasteiger partial charge in [0.05, 0.1) is 0 Å². The zero-order chi connectivity index (χ0) is 15.2. The first-order chi connectivity index (χ1) is 10.1. The number of rotatable bonds is 4. The SMILES string of the molecule is CCC1CCCCN1C(=O)CC(=O)Nc1cccc(C)c1. The van der Waals surface area contributed by atoms with Crippen LogP contribution in [0, 0.1) is 6.92 Å². The second-order valence-corrected chi connectivity index (χ2v) is 5.74. The van der Waals surface area contributed by atoms with Crippen molar-refractivity contribution >= 4 is 17.5 Å². The minimum absolute atomic E-state index is 0.0493. The van der Waals surface area contributed by atoms with Crippen LogP contribution in [0.5, 0.6) is 0 Å². The van der Waals surface area contributed by atoms with Crippen LogP contribution in [0.4, 0.5) is 5.69 Å². The standard InChI is InChI=1S/C17H24N2O2/c1-3-15-9-4-5-10-19(15)17(21)12-16(20)18-14-8-6-7-13(2)11-14/h6-8,11,15H,3-5,9-10,12H2,1-2H3,(H,18,20). The maximum absolute atomic E-state index is 12.3. The van der Waals surface area contributed by atoms with Gasteiger partial charge in [0.15, 0.2) is 0 Å². The molecule has 114 valence electrons. The summed E-state index contributed by atoms with van der Waals surface area (Å²) < 4.78 is 0. The summed E-state index contributed by atoms with van der Waals surface area (Å²) in [4.78, 5) is 26.2. The Balaban J connectivity index is 1.91. The van der Waals surface area contributed by atoms with Crippen LogP contribution in [-0.2, 0) is 9.59 Å². The fraction of sp³-hybridized carbons (Fsp3) is 0.529. The van der Waals surface area contributed by atoms with E-state index < -0.39 is 0 Å². The van der Waals surface area contributed by atoms with Crippen molar-refractivity contribution in [3.8, 4) is 0 Å². The van der Waals surface area contributed by atoms with Crippen molar-refractivity contribution in [2.24, 2.45) is 0 Å². The molecule has 1 saturated heterocycles. The first kappa shape index (κ1) is 15.5. The molecule has 0 aliphatic carbocycles. The van der Waals surface area contributed by atoms with Gasteiger partial charge in [-0.25, -0.2) is 0 Å². The molecule has 1 aliphatic rings. The number of amides is 2. The summed E-state index contributed by atoms with van der Waals surface area (Å²) in [6, 6.07) is 7.91. The zero-order valence-electron chi connectivity index (χ0n) is 12.9. The third-order valence-corrected chi connectivity index (χ3v) is 4.03. The van der Waals surface area contributed by atoms with Gasteiger partial charge in [-0.05, 0) is 50.3 Å². The fourth-order valence-electron chi connectivity index (χ4n) is 2.92. The first-order valence-corrected chi connectivity index (χ1v) is 7.76. The molecule has 21 heavy (non-hydrogen) atoms. The highest BCUT2D eigenvalue weighted by atomic mass is 16.2. The van der Waals surface area contributed by atoms with Crippen molar-refractivity contribution in [2.45, 2.75) is 52.0 Å². The highest BCUT2D eigenvalue weighted by Crippen LogP contribution is 2.20. The average molecular weight is 288 g/mol. The van der Waals surface area contributed by atoms with Crippen LogP contribution in [0.3, 0.4) is 0 Å². The maximum atomic E-state index is 12.3. The highest BCUT2D eigenvalue weighted by Gasteiger charge is 2.26. The number of nitrogens with one attached hydrogen (secondary N) is 1. The van der Waals surface area contributed by atoms with Gasteiger partial charge in [0.1, 0.15) is 6.42 Å². The first-order valence-electron chi connectivity index (χ1n) is 7.76. The van der Waals surface area contributed by atoms with E-state index in [0.29, 0.717) is 6.04 Å². The lowest BCUT2D eigenvalue weighted by Gasteiger charge is -2.35. The van der Waals surface area contributed by atoms with Crippen molar-refractivity contribution in [1.29, 1.82) is 0 Å². The van der Waals surface area contributed by atoms with Crippen molar-refractivity contribution in [3.05, 3.63) is 29.8 Å². The Morgan fingerprint density at radius 3 is 2.86 bits per heavy atom. The van der Waals surface area contributed by atoms with Crippen molar-refractivity contribution in [1.82, 2.24) is 4.90 Å². The number of aryl methyl sites for hydroxylation is 1. The van der Waals surface area contributed by atoms with Gasteiger partial charge >= 0.3 is 0 Å². The van der Waals surface area contributed by atoms with Crippen LogP contribution in [0.15, 0.2) is 24.3 Å². The molecule has 0 bridgehead atoms. The number of hydrogen-bond donors (Lipinski definition) is 1. The molecule has 1 N–H and O–H groups in total. The number of likely N-dealkylation sites (tertiary alicyclic amines) is 1. The molecule has 4 heteroatoms. The largest absolute Gasteiger partial charge is 0.339 e. The lowest BCUT2D eigenvalue weighted by Crippen LogP contribution is -2.44. The van der Waals surface area contributed by atoms with Gasteiger partial charge in [-0.3, -0.25) is 9.59 Å². The molecule has 1 aliphatic heterocycles. The summed E-state index contributed by atoms with van der Waals surface area (Å²) in [5.74, 6) is -0.280. The number of benzene rings is 1. The fourth-order valence-corrected chi connectivity index (χ4v) is 2.92. The average Bonchev–Trinajstić information content (AvgIpc) is 2.47. The van der Waals surface area contributed by atoms with E-state index in [1.165, 1.54) is 6.42 Å². The van der Waals surface area contributed by atoms with Gasteiger partial charge in [-0.15, -0.1) is 0 Å². The third kappa shape index (κ3) is 4.31. The van der Waals surface area contributed by atoms with E-state index in [-0.39, 0.29) is 18.2 Å². The Bertz CT molecular complexity index is 513. The van der Waals surface area contributed by atoms with E-state index >= 15 is 0 Å². The molecule has 0 saturated carbocycles. The second kappa shape index (κ2) is 7.25. The lowest BCUT2D eigenvalue weighted by molar-refractivity contribution is -0.137. The Kier molecular flexibility index (Phi) is 5.37. The molecule has 1 fully saturated rings. The topological polar surface area (TPSA) is 49.4 Å².